The molecule has 2 aliphatic rings. The zero-order chi connectivity index (χ0) is 21.1. The highest BCUT2D eigenvalue weighted by Gasteiger charge is 2.23. The maximum atomic E-state index is 10.9. The molecule has 2 aromatic rings. The van der Waals surface area contributed by atoms with Gasteiger partial charge in [-0.1, -0.05) is 63.8 Å². The third-order valence-corrected chi connectivity index (χ3v) is 7.20. The number of phenolic OH excluding ortho intramolecular Hbond substituents is 2. The molecular formula is C28H34O2. The number of hydrogen-bond donors (Lipinski definition) is 2. The minimum absolute atomic E-state index is 0.385. The first-order chi connectivity index (χ1) is 14.6. The predicted molar refractivity (Wildman–Crippen MR) is 127 cm³/mol. The first-order valence-electron chi connectivity index (χ1n) is 11.6. The maximum absolute atomic E-state index is 10.9. The highest BCUT2D eigenvalue weighted by atomic mass is 16.3. The van der Waals surface area contributed by atoms with Crippen LogP contribution >= 0.6 is 0 Å². The Morgan fingerprint density at radius 3 is 1.30 bits per heavy atom. The summed E-state index contributed by atoms with van der Waals surface area (Å²) in [5.41, 5.74) is 5.86. The van der Waals surface area contributed by atoms with E-state index in [1.807, 2.05) is 12.1 Å². The molecule has 2 aromatic carbocycles. The molecule has 0 heterocycles. The van der Waals surface area contributed by atoms with Gasteiger partial charge < -0.3 is 10.2 Å². The van der Waals surface area contributed by atoms with Gasteiger partial charge in [0, 0.05) is 11.1 Å². The van der Waals surface area contributed by atoms with Crippen molar-refractivity contribution in [3.05, 3.63) is 59.7 Å². The summed E-state index contributed by atoms with van der Waals surface area (Å²) in [5.74, 6) is 1.59. The lowest BCUT2D eigenvalue weighted by atomic mass is 9.80. The van der Waals surface area contributed by atoms with Crippen LogP contribution in [0.2, 0.25) is 0 Å². The van der Waals surface area contributed by atoms with E-state index in [4.69, 9.17) is 0 Å². The van der Waals surface area contributed by atoms with Gasteiger partial charge in [0.2, 0.25) is 0 Å². The standard InChI is InChI=1S/C28H34O2/c1-3-19-15-23(17-25(27(19)29)21-11-7-5-8-12-21)24-16-20(4-2)28(30)26(18-24)22-13-9-6-10-14-22/h3-4,15-18,21-22,29-30H,1-2,5-14H2. The van der Waals surface area contributed by atoms with Crippen LogP contribution in [0.15, 0.2) is 37.4 Å². The Hall–Kier alpha value is -2.48. The average molecular weight is 403 g/mol. The van der Waals surface area contributed by atoms with E-state index in [9.17, 15) is 10.2 Å². The summed E-state index contributed by atoms with van der Waals surface area (Å²) >= 11 is 0. The van der Waals surface area contributed by atoms with Gasteiger partial charge in [-0.25, -0.2) is 0 Å². The van der Waals surface area contributed by atoms with E-state index >= 15 is 0 Å². The Kier molecular flexibility index (Phi) is 6.32. The van der Waals surface area contributed by atoms with E-state index in [0.29, 0.717) is 23.3 Å². The Morgan fingerprint density at radius 2 is 0.967 bits per heavy atom. The molecule has 2 nitrogen and oxygen atoms in total. The van der Waals surface area contributed by atoms with Crippen LogP contribution in [-0.4, -0.2) is 10.2 Å². The molecule has 0 aromatic heterocycles. The summed E-state index contributed by atoms with van der Waals surface area (Å²) in [5, 5.41) is 21.8. The molecule has 0 radical (unpaired) electrons. The first-order valence-corrected chi connectivity index (χ1v) is 11.6. The predicted octanol–water partition coefficient (Wildman–Crippen LogP) is 8.15. The summed E-state index contributed by atoms with van der Waals surface area (Å²) in [6, 6.07) is 8.39. The second kappa shape index (κ2) is 9.12. The smallest absolute Gasteiger partial charge is 0.126 e. The van der Waals surface area contributed by atoms with Crippen molar-refractivity contribution in [1.29, 1.82) is 0 Å². The second-order valence-electron chi connectivity index (χ2n) is 9.08. The van der Waals surface area contributed by atoms with Crippen LogP contribution in [-0.2, 0) is 0 Å². The van der Waals surface area contributed by atoms with Gasteiger partial charge in [0.25, 0.3) is 0 Å². The van der Waals surface area contributed by atoms with E-state index in [-0.39, 0.29) is 0 Å². The molecule has 0 saturated heterocycles. The molecule has 0 bridgehead atoms. The summed E-state index contributed by atoms with van der Waals surface area (Å²) in [4.78, 5) is 0. The van der Waals surface area contributed by atoms with Crippen LogP contribution in [0.25, 0.3) is 23.3 Å². The largest absolute Gasteiger partial charge is 0.507 e. The van der Waals surface area contributed by atoms with E-state index in [0.717, 1.165) is 59.1 Å². The molecule has 2 heteroatoms. The van der Waals surface area contributed by atoms with Gasteiger partial charge in [-0.2, -0.15) is 0 Å². The number of aromatic hydroxyl groups is 2. The SMILES string of the molecule is C=Cc1cc(-c2cc(C=C)c(O)c(C3CCCCC3)c2)cc(C2CCCCC2)c1O. The van der Waals surface area contributed by atoms with Crippen LogP contribution in [0.3, 0.4) is 0 Å². The molecule has 158 valence electrons. The lowest BCUT2D eigenvalue weighted by Crippen LogP contribution is -2.06. The van der Waals surface area contributed by atoms with E-state index in [1.54, 1.807) is 12.2 Å². The van der Waals surface area contributed by atoms with Crippen LogP contribution in [0.1, 0.15) is 98.3 Å². The van der Waals surface area contributed by atoms with E-state index in [2.05, 4.69) is 25.3 Å². The molecule has 2 saturated carbocycles. The van der Waals surface area contributed by atoms with Gasteiger partial charge in [0.1, 0.15) is 11.5 Å². The summed E-state index contributed by atoms with van der Waals surface area (Å²) < 4.78 is 0. The molecule has 0 spiro atoms. The lowest BCUT2D eigenvalue weighted by molar-refractivity contribution is 0.413. The molecule has 0 atom stereocenters. The van der Waals surface area contributed by atoms with Crippen molar-refractivity contribution in [1.82, 2.24) is 0 Å². The minimum atomic E-state index is 0.385. The van der Waals surface area contributed by atoms with Crippen molar-refractivity contribution in [2.24, 2.45) is 0 Å². The molecule has 0 aliphatic heterocycles. The van der Waals surface area contributed by atoms with Crippen molar-refractivity contribution in [3.8, 4) is 22.6 Å². The zero-order valence-corrected chi connectivity index (χ0v) is 18.0. The molecule has 4 rings (SSSR count). The topological polar surface area (TPSA) is 40.5 Å². The van der Waals surface area contributed by atoms with Crippen molar-refractivity contribution >= 4 is 12.2 Å². The highest BCUT2D eigenvalue weighted by molar-refractivity contribution is 5.76. The average Bonchev–Trinajstić information content (AvgIpc) is 2.80. The fraction of sp³-hybridized carbons (Fsp3) is 0.429. The Balaban J connectivity index is 1.82. The molecular weight excluding hydrogens is 368 g/mol. The Bertz CT molecular complexity index is 851. The summed E-state index contributed by atoms with van der Waals surface area (Å²) in [6.07, 6.45) is 15.5. The number of phenols is 2. The minimum Gasteiger partial charge on any atom is -0.507 e. The molecule has 30 heavy (non-hydrogen) atoms. The molecule has 0 unspecified atom stereocenters. The van der Waals surface area contributed by atoms with Crippen molar-refractivity contribution in [2.45, 2.75) is 76.0 Å². The van der Waals surface area contributed by atoms with Crippen LogP contribution < -0.4 is 0 Å². The van der Waals surface area contributed by atoms with Crippen LogP contribution in [0.4, 0.5) is 0 Å². The highest BCUT2D eigenvalue weighted by Crippen LogP contribution is 2.44. The molecule has 0 amide bonds. The maximum Gasteiger partial charge on any atom is 0.126 e. The zero-order valence-electron chi connectivity index (χ0n) is 18.0. The van der Waals surface area contributed by atoms with E-state index < -0.39 is 0 Å². The molecule has 2 fully saturated rings. The van der Waals surface area contributed by atoms with Gasteiger partial charge >= 0.3 is 0 Å². The molecule has 2 N–H and O–H groups in total. The van der Waals surface area contributed by atoms with Gasteiger partial charge in [0.15, 0.2) is 0 Å². The van der Waals surface area contributed by atoms with Crippen molar-refractivity contribution in [3.63, 3.8) is 0 Å². The summed E-state index contributed by atoms with van der Waals surface area (Å²) in [7, 11) is 0. The van der Waals surface area contributed by atoms with Crippen molar-refractivity contribution in [2.75, 3.05) is 0 Å². The van der Waals surface area contributed by atoms with Gasteiger partial charge in [-0.05, 0) is 84.0 Å². The van der Waals surface area contributed by atoms with Gasteiger partial charge in [-0.15, -0.1) is 0 Å². The Morgan fingerprint density at radius 1 is 0.600 bits per heavy atom. The van der Waals surface area contributed by atoms with Crippen molar-refractivity contribution < 1.29 is 10.2 Å². The third-order valence-electron chi connectivity index (χ3n) is 7.20. The number of benzene rings is 2. The van der Waals surface area contributed by atoms with E-state index in [1.165, 1.54) is 38.5 Å². The molecule has 2 aliphatic carbocycles. The van der Waals surface area contributed by atoms with Gasteiger partial charge in [0.05, 0.1) is 0 Å². The first kappa shape index (κ1) is 20.8. The third kappa shape index (κ3) is 4.05. The number of hydrogen-bond acceptors (Lipinski definition) is 2. The quantitative estimate of drug-likeness (QED) is 0.530. The fourth-order valence-electron chi connectivity index (χ4n) is 5.45. The Labute approximate surface area is 181 Å². The fourth-order valence-corrected chi connectivity index (χ4v) is 5.45. The summed E-state index contributed by atoms with van der Waals surface area (Å²) in [6.45, 7) is 7.87. The monoisotopic (exact) mass is 402 g/mol. The van der Waals surface area contributed by atoms with Gasteiger partial charge in [-0.3, -0.25) is 0 Å². The second-order valence-corrected chi connectivity index (χ2v) is 9.08. The van der Waals surface area contributed by atoms with Crippen LogP contribution in [0.5, 0.6) is 11.5 Å². The van der Waals surface area contributed by atoms with Crippen LogP contribution in [0, 0.1) is 0 Å². The number of rotatable bonds is 5. The normalized spacial score (nSPS) is 18.3. The lowest BCUT2D eigenvalue weighted by Gasteiger charge is -2.26.